The number of rotatable bonds is 2. The highest BCUT2D eigenvalue weighted by atomic mass is 32.2. The van der Waals surface area contributed by atoms with Crippen LogP contribution in [0.2, 0.25) is 0 Å². The Balaban J connectivity index is 1.40. The lowest BCUT2D eigenvalue weighted by molar-refractivity contribution is -0.148. The fourth-order valence-electron chi connectivity index (χ4n) is 7.09. The van der Waals surface area contributed by atoms with E-state index in [4.69, 9.17) is 0 Å². The van der Waals surface area contributed by atoms with Crippen molar-refractivity contribution in [2.75, 3.05) is 0 Å². The van der Waals surface area contributed by atoms with Crippen molar-refractivity contribution in [1.82, 2.24) is 0 Å². The Labute approximate surface area is 129 Å². The van der Waals surface area contributed by atoms with Crippen LogP contribution < -0.4 is 0 Å². The molecule has 0 N–H and O–H groups in total. The fraction of sp³-hybridized carbons (Fsp3) is 0.944. The van der Waals surface area contributed by atoms with Crippen LogP contribution in [0.15, 0.2) is 0 Å². The Kier molecular flexibility index (Phi) is 2.80. The summed E-state index contributed by atoms with van der Waals surface area (Å²) in [5, 5.41) is 0.707. The first-order chi connectivity index (χ1) is 10.1. The largest absolute Gasteiger partial charge is 0.299 e. The third-order valence-electron chi connectivity index (χ3n) is 7.49. The highest BCUT2D eigenvalue weighted by molar-refractivity contribution is 7.86. The minimum atomic E-state index is -0.620. The van der Waals surface area contributed by atoms with Gasteiger partial charge in [-0.2, -0.15) is 0 Å². The topological polar surface area (TPSA) is 34.1 Å². The van der Waals surface area contributed by atoms with E-state index in [1.165, 1.54) is 38.5 Å². The molecule has 0 aromatic carbocycles. The summed E-state index contributed by atoms with van der Waals surface area (Å²) in [7, 11) is -0.620. The first-order valence-electron chi connectivity index (χ1n) is 9.07. The van der Waals surface area contributed by atoms with Crippen molar-refractivity contribution in [3.8, 4) is 0 Å². The standard InChI is InChI=1S/C18H26O2S/c19-17(14-6-15-1-2-16(7-14)21(15)20)18-8-11-3-12(9-18)5-13(4-11)10-18/h11-16H,1-10H2. The molecule has 2 atom stereocenters. The molecular weight excluding hydrogens is 280 g/mol. The zero-order valence-corrected chi connectivity index (χ0v) is 13.6. The van der Waals surface area contributed by atoms with Crippen LogP contribution in [-0.4, -0.2) is 20.5 Å². The summed E-state index contributed by atoms with van der Waals surface area (Å²) in [5.41, 5.74) is 0.0672. The van der Waals surface area contributed by atoms with Crippen molar-refractivity contribution in [1.29, 1.82) is 0 Å². The van der Waals surface area contributed by atoms with E-state index >= 15 is 0 Å². The highest BCUT2D eigenvalue weighted by Gasteiger charge is 2.56. The van der Waals surface area contributed by atoms with Crippen LogP contribution in [0.5, 0.6) is 0 Å². The minimum Gasteiger partial charge on any atom is -0.299 e. The maximum atomic E-state index is 13.4. The van der Waals surface area contributed by atoms with Gasteiger partial charge in [-0.15, -0.1) is 0 Å². The molecule has 0 radical (unpaired) electrons. The fourth-order valence-corrected chi connectivity index (χ4v) is 9.22. The minimum absolute atomic E-state index is 0.0672. The third-order valence-corrected chi connectivity index (χ3v) is 9.66. The van der Waals surface area contributed by atoms with Gasteiger partial charge < -0.3 is 0 Å². The van der Waals surface area contributed by atoms with Gasteiger partial charge >= 0.3 is 0 Å². The van der Waals surface area contributed by atoms with E-state index in [1.54, 1.807) is 0 Å². The van der Waals surface area contributed by atoms with Crippen LogP contribution in [0.3, 0.4) is 0 Å². The first-order valence-corrected chi connectivity index (χ1v) is 10.3. The van der Waals surface area contributed by atoms with Crippen molar-refractivity contribution in [3.05, 3.63) is 0 Å². The maximum absolute atomic E-state index is 13.4. The SMILES string of the molecule is O=C(C1CC2CCC(C1)S2=O)C12CC3CC(CC(C3)C1)C2. The molecular formula is C18H26O2S. The van der Waals surface area contributed by atoms with E-state index in [-0.39, 0.29) is 11.3 Å². The Morgan fingerprint density at radius 1 is 0.810 bits per heavy atom. The molecule has 2 nitrogen and oxygen atoms in total. The predicted molar refractivity (Wildman–Crippen MR) is 83.3 cm³/mol. The van der Waals surface area contributed by atoms with Crippen LogP contribution in [-0.2, 0) is 15.6 Å². The van der Waals surface area contributed by atoms with Crippen molar-refractivity contribution >= 4 is 16.6 Å². The molecule has 0 spiro atoms. The van der Waals surface area contributed by atoms with Gasteiger partial charge in [-0.3, -0.25) is 9.00 Å². The van der Waals surface area contributed by atoms with Crippen LogP contribution in [0.25, 0.3) is 0 Å². The normalized spacial score (nSPS) is 57.6. The Bertz CT molecular complexity index is 460. The lowest BCUT2D eigenvalue weighted by atomic mass is 9.47. The molecule has 3 heteroatoms. The summed E-state index contributed by atoms with van der Waals surface area (Å²) in [6, 6.07) is 0. The molecule has 116 valence electrons. The molecule has 0 aromatic heterocycles. The highest BCUT2D eigenvalue weighted by Crippen LogP contribution is 2.61. The van der Waals surface area contributed by atoms with Gasteiger partial charge in [-0.25, -0.2) is 0 Å². The number of hydrogen-bond donors (Lipinski definition) is 0. The van der Waals surface area contributed by atoms with Crippen molar-refractivity contribution in [2.45, 2.75) is 74.7 Å². The predicted octanol–water partition coefficient (Wildman–Crippen LogP) is 3.46. The Morgan fingerprint density at radius 2 is 1.29 bits per heavy atom. The molecule has 6 aliphatic rings. The van der Waals surface area contributed by atoms with Gasteiger partial charge in [0.2, 0.25) is 0 Å². The van der Waals surface area contributed by atoms with Gasteiger partial charge in [0.1, 0.15) is 5.78 Å². The summed E-state index contributed by atoms with van der Waals surface area (Å²) in [6.07, 6.45) is 12.0. The van der Waals surface area contributed by atoms with Gasteiger partial charge in [0.05, 0.1) is 0 Å². The van der Waals surface area contributed by atoms with E-state index in [0.29, 0.717) is 16.3 Å². The van der Waals surface area contributed by atoms with Crippen LogP contribution in [0.1, 0.15) is 64.2 Å². The molecule has 2 unspecified atom stereocenters. The zero-order valence-electron chi connectivity index (χ0n) is 12.8. The molecule has 2 saturated heterocycles. The Morgan fingerprint density at radius 3 is 1.76 bits per heavy atom. The van der Waals surface area contributed by atoms with Gasteiger partial charge in [0, 0.05) is 32.6 Å². The lowest BCUT2D eigenvalue weighted by Gasteiger charge is -2.56. The van der Waals surface area contributed by atoms with Gasteiger partial charge in [-0.05, 0) is 82.0 Å². The van der Waals surface area contributed by atoms with Crippen LogP contribution in [0.4, 0.5) is 0 Å². The summed E-state index contributed by atoms with van der Waals surface area (Å²) < 4.78 is 12.2. The molecule has 6 fully saturated rings. The zero-order chi connectivity index (χ0) is 14.2. The van der Waals surface area contributed by atoms with Crippen LogP contribution in [0, 0.1) is 29.1 Å². The molecule has 6 rings (SSSR count). The van der Waals surface area contributed by atoms with Gasteiger partial charge in [-0.1, -0.05) is 0 Å². The second-order valence-electron chi connectivity index (χ2n) is 8.88. The van der Waals surface area contributed by atoms with Crippen molar-refractivity contribution in [2.24, 2.45) is 29.1 Å². The average molecular weight is 306 g/mol. The van der Waals surface area contributed by atoms with E-state index in [0.717, 1.165) is 43.4 Å². The second-order valence-corrected chi connectivity index (χ2v) is 10.9. The number of carbonyl (C=O) groups is 1. The average Bonchev–Trinajstić information content (AvgIpc) is 2.68. The molecule has 6 bridgehead atoms. The Hall–Kier alpha value is -0.180. The molecule has 21 heavy (non-hydrogen) atoms. The molecule has 2 heterocycles. The maximum Gasteiger partial charge on any atom is 0.142 e. The quantitative estimate of drug-likeness (QED) is 0.783. The van der Waals surface area contributed by atoms with Crippen molar-refractivity contribution < 1.29 is 9.00 Å². The molecule has 0 aromatic rings. The van der Waals surface area contributed by atoms with E-state index in [1.807, 2.05) is 0 Å². The summed E-state index contributed by atoms with van der Waals surface area (Å²) in [5.74, 6) is 3.45. The monoisotopic (exact) mass is 306 g/mol. The van der Waals surface area contributed by atoms with Gasteiger partial charge in [0.25, 0.3) is 0 Å². The number of ketones is 1. The van der Waals surface area contributed by atoms with Crippen molar-refractivity contribution in [3.63, 3.8) is 0 Å². The second kappa shape index (κ2) is 4.43. The molecule has 4 aliphatic carbocycles. The first kappa shape index (κ1) is 13.3. The summed E-state index contributed by atoms with van der Waals surface area (Å²) in [4.78, 5) is 13.4. The van der Waals surface area contributed by atoms with E-state index < -0.39 is 10.8 Å². The van der Waals surface area contributed by atoms with E-state index in [9.17, 15) is 9.00 Å². The summed E-state index contributed by atoms with van der Waals surface area (Å²) in [6.45, 7) is 0. The van der Waals surface area contributed by atoms with Gasteiger partial charge in [0.15, 0.2) is 0 Å². The van der Waals surface area contributed by atoms with E-state index in [2.05, 4.69) is 0 Å². The molecule has 0 amide bonds. The third kappa shape index (κ3) is 1.88. The smallest absolute Gasteiger partial charge is 0.142 e. The number of fused-ring (bicyclic) bond motifs is 2. The number of carbonyl (C=O) groups excluding carboxylic acids is 1. The number of hydrogen-bond acceptors (Lipinski definition) is 2. The number of Topliss-reactive ketones (excluding diaryl/α,β-unsaturated/α-hetero) is 1. The lowest BCUT2D eigenvalue weighted by Crippen LogP contribution is -2.52. The molecule has 2 aliphatic heterocycles. The molecule has 4 saturated carbocycles. The van der Waals surface area contributed by atoms with Crippen LogP contribution >= 0.6 is 0 Å². The summed E-state index contributed by atoms with van der Waals surface area (Å²) >= 11 is 0.